The Kier molecular flexibility index (Phi) is 5.35. The maximum atomic E-state index is 12.8. The predicted molar refractivity (Wildman–Crippen MR) is 119 cm³/mol. The average molecular weight is 488 g/mol. The maximum Gasteiger partial charge on any atom is 0.326 e. The molecule has 1 amide bonds. The standard InChI is InChI=1S/C24H28N2O9/c1-11(27)21(30)25-13(22(31)32)10-17(29)34-15-5-6-24(33)16-9-12-3-4-14(28)19-18(12)23(24,20(15)35-19)7-8-26(16)2/h3-5,11,13,16,20,27-28,33H,6-10H2,1-2H3,(H,25,30)(H,31,32)/t11-,13-,16+,20?,23?,24+/m0/s1. The number of aliphatic hydroxyl groups is 2. The van der Waals surface area contributed by atoms with Crippen molar-refractivity contribution in [3.8, 4) is 11.5 Å². The normalized spacial score (nSPS) is 31.9. The fraction of sp³-hybridized carbons (Fsp3) is 0.542. The SMILES string of the molecule is C[C@H](O)C(=O)N[C@@H](CC(=O)OC1=CC[C@@]2(O)[C@H]3Cc4ccc(O)c5c4C2(CCN3C)C1O5)C(=O)O. The molecule has 5 rings (SSSR count). The van der Waals surface area contributed by atoms with E-state index in [2.05, 4.69) is 10.2 Å². The van der Waals surface area contributed by atoms with Crippen LogP contribution in [0.5, 0.6) is 11.5 Å². The quantitative estimate of drug-likeness (QED) is 0.331. The Morgan fingerprint density at radius 2 is 2.09 bits per heavy atom. The van der Waals surface area contributed by atoms with E-state index in [0.29, 0.717) is 19.4 Å². The number of esters is 1. The van der Waals surface area contributed by atoms with Gasteiger partial charge >= 0.3 is 11.9 Å². The van der Waals surface area contributed by atoms with Gasteiger partial charge < -0.3 is 40.1 Å². The minimum absolute atomic E-state index is 0.0651. The van der Waals surface area contributed by atoms with Gasteiger partial charge in [0.2, 0.25) is 5.91 Å². The van der Waals surface area contributed by atoms with Crippen molar-refractivity contribution in [2.24, 2.45) is 0 Å². The number of nitrogens with one attached hydrogen (secondary N) is 1. The number of piperidine rings is 1. The number of hydrogen-bond acceptors (Lipinski definition) is 9. The zero-order valence-electron chi connectivity index (χ0n) is 19.4. The molecule has 1 fully saturated rings. The first-order valence-corrected chi connectivity index (χ1v) is 11.6. The molecule has 188 valence electrons. The number of likely N-dealkylation sites (N-methyl/N-ethyl adjacent to an activating group) is 1. The van der Waals surface area contributed by atoms with Crippen LogP contribution >= 0.6 is 0 Å². The van der Waals surface area contributed by atoms with Crippen molar-refractivity contribution < 1.29 is 44.3 Å². The fourth-order valence-corrected chi connectivity index (χ4v) is 6.27. The summed E-state index contributed by atoms with van der Waals surface area (Å²) in [5.41, 5.74) is -0.464. The van der Waals surface area contributed by atoms with Gasteiger partial charge in [0, 0.05) is 18.0 Å². The second kappa shape index (κ2) is 7.94. The van der Waals surface area contributed by atoms with E-state index in [1.807, 2.05) is 13.1 Å². The number of amides is 1. The summed E-state index contributed by atoms with van der Waals surface area (Å²) in [6.45, 7) is 1.84. The zero-order chi connectivity index (χ0) is 25.3. The molecule has 11 nitrogen and oxygen atoms in total. The van der Waals surface area contributed by atoms with Gasteiger partial charge in [0.05, 0.1) is 17.4 Å². The number of nitrogens with zero attached hydrogens (tertiary/aromatic N) is 1. The Morgan fingerprint density at radius 1 is 1.34 bits per heavy atom. The average Bonchev–Trinajstić information content (AvgIpc) is 3.15. The van der Waals surface area contributed by atoms with Crippen LogP contribution < -0.4 is 10.1 Å². The van der Waals surface area contributed by atoms with Gasteiger partial charge in [0.25, 0.3) is 0 Å². The lowest BCUT2D eigenvalue weighted by Gasteiger charge is -2.61. The number of carbonyl (C=O) groups is 3. The van der Waals surface area contributed by atoms with E-state index in [9.17, 15) is 34.8 Å². The molecule has 11 heteroatoms. The van der Waals surface area contributed by atoms with Crippen LogP contribution in [0.4, 0.5) is 0 Å². The van der Waals surface area contributed by atoms with E-state index in [-0.39, 0.29) is 29.7 Å². The van der Waals surface area contributed by atoms with Crippen molar-refractivity contribution in [2.45, 2.75) is 67.9 Å². The second-order valence-electron chi connectivity index (χ2n) is 9.86. The number of carbonyl (C=O) groups excluding carboxylic acids is 2. The van der Waals surface area contributed by atoms with Gasteiger partial charge in [0.1, 0.15) is 17.9 Å². The summed E-state index contributed by atoms with van der Waals surface area (Å²) in [4.78, 5) is 38.1. The number of aliphatic carboxylic acids is 1. The summed E-state index contributed by atoms with van der Waals surface area (Å²) in [5, 5.41) is 43.4. The van der Waals surface area contributed by atoms with Gasteiger partial charge in [-0.1, -0.05) is 6.07 Å². The third kappa shape index (κ3) is 3.25. The number of likely N-dealkylation sites (tertiary alicyclic amines) is 1. The Hall–Kier alpha value is -3.15. The van der Waals surface area contributed by atoms with Gasteiger partial charge in [-0.3, -0.25) is 9.59 Å². The van der Waals surface area contributed by atoms with E-state index in [1.165, 1.54) is 6.92 Å². The molecule has 1 saturated heterocycles. The van der Waals surface area contributed by atoms with E-state index in [0.717, 1.165) is 11.1 Å². The molecular formula is C24H28N2O9. The highest BCUT2D eigenvalue weighted by atomic mass is 16.6. The molecule has 2 heterocycles. The molecular weight excluding hydrogens is 460 g/mol. The van der Waals surface area contributed by atoms with Crippen molar-refractivity contribution in [2.75, 3.05) is 13.6 Å². The summed E-state index contributed by atoms with van der Waals surface area (Å²) in [7, 11) is 1.96. The van der Waals surface area contributed by atoms with Gasteiger partial charge in [-0.05, 0) is 51.1 Å². The molecule has 2 bridgehead atoms. The monoisotopic (exact) mass is 488 g/mol. The van der Waals surface area contributed by atoms with Crippen LogP contribution in [0.1, 0.15) is 37.3 Å². The van der Waals surface area contributed by atoms with Crippen molar-refractivity contribution in [1.82, 2.24) is 10.2 Å². The fourth-order valence-electron chi connectivity index (χ4n) is 6.27. The summed E-state index contributed by atoms with van der Waals surface area (Å²) in [6.07, 6.45) is -0.156. The minimum Gasteiger partial charge on any atom is -0.504 e. The number of carboxylic acids is 1. The van der Waals surface area contributed by atoms with Crippen LogP contribution in [0.25, 0.3) is 0 Å². The molecule has 2 unspecified atom stereocenters. The number of phenols is 1. The first kappa shape index (κ1) is 23.6. The molecule has 2 aliphatic carbocycles. The molecule has 5 N–H and O–H groups in total. The molecule has 6 atom stereocenters. The van der Waals surface area contributed by atoms with Gasteiger partial charge in [-0.2, -0.15) is 0 Å². The molecule has 0 radical (unpaired) electrons. The number of rotatable bonds is 6. The third-order valence-electron chi connectivity index (χ3n) is 7.95. The molecule has 0 saturated carbocycles. The second-order valence-corrected chi connectivity index (χ2v) is 9.86. The highest BCUT2D eigenvalue weighted by molar-refractivity contribution is 5.88. The van der Waals surface area contributed by atoms with Crippen LogP contribution in [0, 0.1) is 0 Å². The summed E-state index contributed by atoms with van der Waals surface area (Å²) in [6, 6.07) is 1.59. The molecule has 35 heavy (non-hydrogen) atoms. The Morgan fingerprint density at radius 3 is 2.77 bits per heavy atom. The molecule has 1 aromatic carbocycles. The predicted octanol–water partition coefficient (Wildman–Crippen LogP) is -0.447. The third-order valence-corrected chi connectivity index (χ3v) is 7.95. The molecule has 1 spiro atoms. The van der Waals surface area contributed by atoms with Crippen LogP contribution in [0.2, 0.25) is 0 Å². The Labute approximate surface area is 200 Å². The summed E-state index contributed by atoms with van der Waals surface area (Å²) < 4.78 is 11.8. The van der Waals surface area contributed by atoms with Gasteiger partial charge in [-0.25, -0.2) is 4.79 Å². The van der Waals surface area contributed by atoms with Crippen LogP contribution in [-0.2, 0) is 31.0 Å². The van der Waals surface area contributed by atoms with Gasteiger partial charge in [0.15, 0.2) is 17.6 Å². The van der Waals surface area contributed by atoms with E-state index in [1.54, 1.807) is 12.1 Å². The highest BCUT2D eigenvalue weighted by Gasteiger charge is 2.72. The van der Waals surface area contributed by atoms with Crippen molar-refractivity contribution in [3.05, 3.63) is 35.1 Å². The van der Waals surface area contributed by atoms with Crippen LogP contribution in [0.15, 0.2) is 24.0 Å². The highest BCUT2D eigenvalue weighted by Crippen LogP contribution is 2.65. The van der Waals surface area contributed by atoms with Crippen molar-refractivity contribution in [3.63, 3.8) is 0 Å². The minimum atomic E-state index is -1.59. The van der Waals surface area contributed by atoms with E-state index < -0.39 is 53.5 Å². The van der Waals surface area contributed by atoms with Crippen molar-refractivity contribution >= 4 is 17.8 Å². The number of benzene rings is 1. The molecule has 0 aromatic heterocycles. The molecule has 2 aliphatic heterocycles. The largest absolute Gasteiger partial charge is 0.504 e. The van der Waals surface area contributed by atoms with Crippen molar-refractivity contribution in [1.29, 1.82) is 0 Å². The lowest BCUT2D eigenvalue weighted by Crippen LogP contribution is -2.74. The number of aromatic hydroxyl groups is 1. The number of hydrogen-bond donors (Lipinski definition) is 5. The maximum absolute atomic E-state index is 12.8. The number of carboxylic acid groups (broad SMARTS) is 1. The van der Waals surface area contributed by atoms with E-state index >= 15 is 0 Å². The summed E-state index contributed by atoms with van der Waals surface area (Å²) >= 11 is 0. The smallest absolute Gasteiger partial charge is 0.326 e. The Balaban J connectivity index is 1.46. The number of phenolic OH excluding ortho intramolecular Hbond substituents is 1. The van der Waals surface area contributed by atoms with Crippen LogP contribution in [0.3, 0.4) is 0 Å². The zero-order valence-corrected chi connectivity index (χ0v) is 19.4. The number of aliphatic hydroxyl groups excluding tert-OH is 1. The molecule has 1 aromatic rings. The first-order valence-electron chi connectivity index (χ1n) is 11.6. The lowest BCUT2D eigenvalue weighted by atomic mass is 9.50. The van der Waals surface area contributed by atoms with Gasteiger partial charge in [-0.15, -0.1) is 0 Å². The molecule has 4 aliphatic rings. The number of ether oxygens (including phenoxy) is 2. The van der Waals surface area contributed by atoms with E-state index in [4.69, 9.17) is 9.47 Å². The van der Waals surface area contributed by atoms with Crippen LogP contribution in [-0.4, -0.2) is 86.7 Å². The topological polar surface area (TPSA) is 166 Å². The lowest BCUT2D eigenvalue weighted by molar-refractivity contribution is -0.169. The first-order chi connectivity index (χ1) is 16.5. The summed E-state index contributed by atoms with van der Waals surface area (Å²) in [5.74, 6) is -2.96. The Bertz CT molecular complexity index is 1150.